The summed E-state index contributed by atoms with van der Waals surface area (Å²) in [4.78, 5) is 44.1. The van der Waals surface area contributed by atoms with Crippen molar-refractivity contribution >= 4 is 56.8 Å². The third-order valence-corrected chi connectivity index (χ3v) is 12.1. The van der Waals surface area contributed by atoms with E-state index in [1.807, 2.05) is 76.2 Å². The van der Waals surface area contributed by atoms with E-state index in [1.54, 1.807) is 16.7 Å². The molecule has 9 heteroatoms. The zero-order chi connectivity index (χ0) is 28.1. The minimum absolute atomic E-state index is 0.0234. The lowest BCUT2D eigenvalue weighted by Gasteiger charge is -2.39. The number of likely N-dealkylation sites (tertiary alicyclic amines) is 1. The van der Waals surface area contributed by atoms with Crippen LogP contribution in [0.5, 0.6) is 0 Å². The number of benzene rings is 2. The average molecular weight is 615 g/mol. The van der Waals surface area contributed by atoms with Gasteiger partial charge in [-0.2, -0.15) is 0 Å². The summed E-state index contributed by atoms with van der Waals surface area (Å²) >= 11 is 5.41. The van der Waals surface area contributed by atoms with Gasteiger partial charge in [-0.1, -0.05) is 72.6 Å². The van der Waals surface area contributed by atoms with E-state index in [1.165, 1.54) is 0 Å². The number of alkyl halides is 1. The molecule has 3 unspecified atom stereocenters. The van der Waals surface area contributed by atoms with E-state index in [0.29, 0.717) is 12.1 Å². The second kappa shape index (κ2) is 10.9. The molecule has 2 aromatic carbocycles. The van der Waals surface area contributed by atoms with E-state index in [4.69, 9.17) is 0 Å². The van der Waals surface area contributed by atoms with Crippen LogP contribution in [0.3, 0.4) is 0 Å². The van der Waals surface area contributed by atoms with Crippen molar-refractivity contribution in [2.24, 2.45) is 17.8 Å². The Hall–Kier alpha value is -2.36. The maximum Gasteiger partial charge on any atom is 0.248 e. The summed E-state index contributed by atoms with van der Waals surface area (Å²) in [6.45, 7) is 7.67. The molecule has 3 amide bonds. The SMILES string of the molecule is CC[C@H](C)[C@H](CO)N1C(=O)[C@@H]2[C@@H](C(=O)Nc3ccccc3)[C@@H]3SC2(CC3Br)C1C(=O)Nc1c(C)cccc1C. The van der Waals surface area contributed by atoms with Crippen molar-refractivity contribution in [1.29, 1.82) is 0 Å². The van der Waals surface area contributed by atoms with Crippen molar-refractivity contribution in [3.05, 3.63) is 59.7 Å². The Morgan fingerprint density at radius 3 is 2.38 bits per heavy atom. The summed E-state index contributed by atoms with van der Waals surface area (Å²) in [6, 6.07) is 13.8. The quantitative estimate of drug-likeness (QED) is 0.373. The highest BCUT2D eigenvalue weighted by atomic mass is 79.9. The van der Waals surface area contributed by atoms with E-state index < -0.39 is 28.7 Å². The van der Waals surface area contributed by atoms with Crippen LogP contribution in [0.4, 0.5) is 11.4 Å². The number of fused-ring (bicyclic) bond motifs is 1. The normalized spacial score (nSPS) is 30.7. The van der Waals surface area contributed by atoms with E-state index in [-0.39, 0.29) is 40.3 Å². The second-order valence-corrected chi connectivity index (χ2v) is 13.9. The van der Waals surface area contributed by atoms with Crippen LogP contribution in [0.15, 0.2) is 48.5 Å². The molecular weight excluding hydrogens is 578 g/mol. The monoisotopic (exact) mass is 613 g/mol. The molecule has 3 heterocycles. The average Bonchev–Trinajstić information content (AvgIpc) is 3.51. The number of aryl methyl sites for hydroxylation is 2. The number of nitrogens with zero attached hydrogens (tertiary/aromatic N) is 1. The number of carbonyl (C=O) groups excluding carboxylic acids is 3. The molecule has 5 rings (SSSR count). The molecule has 3 aliphatic heterocycles. The smallest absolute Gasteiger partial charge is 0.248 e. The molecule has 3 aliphatic rings. The van der Waals surface area contributed by atoms with Gasteiger partial charge in [0.15, 0.2) is 0 Å². The lowest BCUT2D eigenvalue weighted by molar-refractivity contribution is -0.142. The van der Waals surface area contributed by atoms with Gasteiger partial charge in [-0.15, -0.1) is 11.8 Å². The van der Waals surface area contributed by atoms with E-state index >= 15 is 0 Å². The molecule has 3 N–H and O–H groups in total. The predicted octanol–water partition coefficient (Wildman–Crippen LogP) is 4.75. The van der Waals surface area contributed by atoms with Crippen LogP contribution < -0.4 is 10.6 Å². The van der Waals surface area contributed by atoms with Gasteiger partial charge >= 0.3 is 0 Å². The molecule has 39 heavy (non-hydrogen) atoms. The van der Waals surface area contributed by atoms with Crippen LogP contribution in [0.2, 0.25) is 0 Å². The van der Waals surface area contributed by atoms with Crippen LogP contribution in [0.1, 0.15) is 37.8 Å². The zero-order valence-electron chi connectivity index (χ0n) is 22.7. The molecule has 2 bridgehead atoms. The Morgan fingerprint density at radius 1 is 1.10 bits per heavy atom. The van der Waals surface area contributed by atoms with Crippen molar-refractivity contribution < 1.29 is 19.5 Å². The molecule has 208 valence electrons. The Morgan fingerprint density at radius 2 is 1.77 bits per heavy atom. The number of nitrogens with one attached hydrogen (secondary N) is 2. The van der Waals surface area contributed by atoms with Gasteiger partial charge in [0.25, 0.3) is 0 Å². The molecule has 7 nitrogen and oxygen atoms in total. The van der Waals surface area contributed by atoms with Crippen LogP contribution in [-0.2, 0) is 14.4 Å². The van der Waals surface area contributed by atoms with Crippen molar-refractivity contribution in [3.63, 3.8) is 0 Å². The van der Waals surface area contributed by atoms with Gasteiger partial charge in [0.05, 0.1) is 29.2 Å². The Kier molecular flexibility index (Phi) is 7.87. The number of hydrogen-bond donors (Lipinski definition) is 3. The molecule has 3 fully saturated rings. The minimum atomic E-state index is -0.815. The molecule has 2 aromatic rings. The van der Waals surface area contributed by atoms with Gasteiger partial charge in [0.2, 0.25) is 17.7 Å². The number of aliphatic hydroxyl groups is 1. The van der Waals surface area contributed by atoms with Gasteiger partial charge in [0, 0.05) is 21.5 Å². The number of amides is 3. The van der Waals surface area contributed by atoms with Gasteiger partial charge in [0.1, 0.15) is 6.04 Å². The van der Waals surface area contributed by atoms with E-state index in [2.05, 4.69) is 26.6 Å². The minimum Gasteiger partial charge on any atom is -0.394 e. The lowest BCUT2D eigenvalue weighted by Crippen LogP contribution is -2.56. The number of aliphatic hydroxyl groups excluding tert-OH is 1. The van der Waals surface area contributed by atoms with Gasteiger partial charge < -0.3 is 20.6 Å². The number of anilines is 2. The number of thioether (sulfide) groups is 1. The number of hydrogen-bond acceptors (Lipinski definition) is 5. The third kappa shape index (κ3) is 4.60. The molecule has 8 atom stereocenters. The second-order valence-electron chi connectivity index (χ2n) is 11.2. The standard InChI is InChI=1S/C30H36BrN3O4S/c1-5-16(2)21(15-35)34-26(28(37)33-24-17(3)10-9-11-18(24)4)30-14-20(31)25(39-30)22(23(30)29(34)38)27(36)32-19-12-7-6-8-13-19/h6-13,16,20-23,25-26,35H,5,14-15H2,1-4H3,(H,32,36)(H,33,37)/t16-,20?,21-,22+,23-,25+,26?,30?/m0/s1. The van der Waals surface area contributed by atoms with Crippen molar-refractivity contribution in [2.45, 2.75) is 67.4 Å². The first-order valence-electron chi connectivity index (χ1n) is 13.6. The fraction of sp³-hybridized carbons (Fsp3) is 0.500. The van der Waals surface area contributed by atoms with Gasteiger partial charge in [-0.05, 0) is 49.4 Å². The van der Waals surface area contributed by atoms with E-state index in [0.717, 1.165) is 23.2 Å². The largest absolute Gasteiger partial charge is 0.394 e. The van der Waals surface area contributed by atoms with Crippen LogP contribution in [0.25, 0.3) is 0 Å². The molecule has 0 aliphatic carbocycles. The third-order valence-electron chi connectivity index (χ3n) is 8.89. The van der Waals surface area contributed by atoms with Crippen LogP contribution >= 0.6 is 27.7 Å². The highest BCUT2D eigenvalue weighted by Crippen LogP contribution is 2.68. The first-order valence-corrected chi connectivity index (χ1v) is 15.4. The van der Waals surface area contributed by atoms with Crippen LogP contribution in [-0.4, -0.2) is 61.2 Å². The van der Waals surface area contributed by atoms with Crippen molar-refractivity contribution in [2.75, 3.05) is 17.2 Å². The maximum absolute atomic E-state index is 14.4. The van der Waals surface area contributed by atoms with Crippen LogP contribution in [0, 0.1) is 31.6 Å². The Bertz CT molecular complexity index is 1260. The molecule has 0 aromatic heterocycles. The molecule has 0 radical (unpaired) electrons. The van der Waals surface area contributed by atoms with Gasteiger partial charge in [-0.3, -0.25) is 14.4 Å². The fourth-order valence-electron chi connectivity index (χ4n) is 6.79. The number of carbonyl (C=O) groups is 3. The first kappa shape index (κ1) is 28.2. The highest BCUT2D eigenvalue weighted by molar-refractivity contribution is 9.09. The fourth-order valence-corrected chi connectivity index (χ4v) is 10.4. The molecule has 1 spiro atoms. The molecule has 0 saturated carbocycles. The van der Waals surface area contributed by atoms with E-state index in [9.17, 15) is 19.5 Å². The molecular formula is C30H36BrN3O4S. The summed E-state index contributed by atoms with van der Waals surface area (Å²) in [5.74, 6) is -1.96. The summed E-state index contributed by atoms with van der Waals surface area (Å²) in [7, 11) is 0. The predicted molar refractivity (Wildman–Crippen MR) is 159 cm³/mol. The molecule has 3 saturated heterocycles. The van der Waals surface area contributed by atoms with Gasteiger partial charge in [-0.25, -0.2) is 0 Å². The maximum atomic E-state index is 14.4. The number of rotatable bonds is 8. The van der Waals surface area contributed by atoms with Crippen molar-refractivity contribution in [1.82, 2.24) is 4.90 Å². The topological polar surface area (TPSA) is 98.7 Å². The summed E-state index contributed by atoms with van der Waals surface area (Å²) in [5.41, 5.74) is 3.30. The summed E-state index contributed by atoms with van der Waals surface area (Å²) < 4.78 is -0.782. The summed E-state index contributed by atoms with van der Waals surface area (Å²) in [5, 5.41) is 16.5. The summed E-state index contributed by atoms with van der Waals surface area (Å²) in [6.07, 6.45) is 1.33. The Labute approximate surface area is 242 Å². The Balaban J connectivity index is 1.57. The highest BCUT2D eigenvalue weighted by Gasteiger charge is 2.76. The number of para-hydroxylation sites is 2. The zero-order valence-corrected chi connectivity index (χ0v) is 25.1. The first-order chi connectivity index (χ1) is 18.6. The number of halogens is 1. The lowest BCUT2D eigenvalue weighted by atomic mass is 9.70. The van der Waals surface area contributed by atoms with Crippen molar-refractivity contribution in [3.8, 4) is 0 Å².